The number of hydrogen-bond donors (Lipinski definition) is 0. The minimum Gasteiger partial charge on any atom is -0.461 e. The molecule has 0 atom stereocenters. The van der Waals surface area contributed by atoms with Crippen LogP contribution in [-0.2, 0) is 13.1 Å². The summed E-state index contributed by atoms with van der Waals surface area (Å²) in [7, 11) is 0. The second-order valence-corrected chi connectivity index (χ2v) is 6.70. The topological polar surface area (TPSA) is 82.3 Å². The molecule has 2 aromatic heterocycles. The lowest BCUT2D eigenvalue weighted by Crippen LogP contribution is -2.30. The molecule has 0 aliphatic carbocycles. The van der Waals surface area contributed by atoms with Gasteiger partial charge in [0, 0.05) is 19.6 Å². The molecule has 27 heavy (non-hydrogen) atoms. The predicted octanol–water partition coefficient (Wildman–Crippen LogP) is 2.91. The smallest absolute Gasteiger partial charge is 0.241 e. The molecule has 138 valence electrons. The van der Waals surface area contributed by atoms with Crippen LogP contribution in [0.1, 0.15) is 23.4 Å². The molecule has 1 aliphatic rings. The van der Waals surface area contributed by atoms with Crippen LogP contribution in [0.15, 0.2) is 51.6 Å². The zero-order valence-corrected chi connectivity index (χ0v) is 15.0. The van der Waals surface area contributed by atoms with Gasteiger partial charge in [-0.05, 0) is 49.3 Å². The minimum absolute atomic E-state index is 0.493. The van der Waals surface area contributed by atoms with Gasteiger partial charge in [-0.2, -0.15) is 10.2 Å². The molecule has 1 aromatic carbocycles. The lowest BCUT2D eigenvalue weighted by molar-refractivity contribution is 0.222. The lowest BCUT2D eigenvalue weighted by atomic mass is 10.1. The van der Waals surface area contributed by atoms with Gasteiger partial charge in [-0.1, -0.05) is 17.3 Å². The number of hydrogen-bond acceptors (Lipinski definition) is 7. The van der Waals surface area contributed by atoms with Crippen LogP contribution in [0.25, 0.3) is 11.6 Å². The quantitative estimate of drug-likeness (QED) is 0.689. The molecule has 0 bridgehead atoms. The molecule has 0 spiro atoms. The molecule has 7 nitrogen and oxygen atoms in total. The van der Waals surface area contributed by atoms with Crippen molar-refractivity contribution >= 4 is 0 Å². The number of benzene rings is 1. The fraction of sp³-hybridized carbons (Fsp3) is 0.350. The van der Waals surface area contributed by atoms with Crippen molar-refractivity contribution in [3.63, 3.8) is 0 Å². The van der Waals surface area contributed by atoms with Crippen LogP contribution < -0.4 is 0 Å². The monoisotopic (exact) mass is 363 g/mol. The van der Waals surface area contributed by atoms with Crippen molar-refractivity contribution in [1.29, 1.82) is 5.26 Å². The Hall–Kier alpha value is -2.95. The maximum Gasteiger partial charge on any atom is 0.241 e. The molecule has 3 aromatic rings. The van der Waals surface area contributed by atoms with E-state index in [-0.39, 0.29) is 0 Å². The minimum atomic E-state index is 0.493. The Labute approximate surface area is 157 Å². The van der Waals surface area contributed by atoms with Crippen molar-refractivity contribution in [3.05, 3.63) is 59.7 Å². The van der Waals surface area contributed by atoms with Crippen LogP contribution >= 0.6 is 0 Å². The molecule has 1 fully saturated rings. The van der Waals surface area contributed by atoms with Crippen molar-refractivity contribution < 1.29 is 8.94 Å². The molecular formula is C20H21N5O2. The molecule has 1 aliphatic heterocycles. The molecule has 3 heterocycles. The molecule has 1 saturated heterocycles. The van der Waals surface area contributed by atoms with E-state index in [0.29, 0.717) is 29.6 Å². The Morgan fingerprint density at radius 3 is 2.48 bits per heavy atom. The van der Waals surface area contributed by atoms with E-state index < -0.39 is 0 Å². The molecule has 4 rings (SSSR count). The molecule has 0 N–H and O–H groups in total. The van der Waals surface area contributed by atoms with E-state index in [2.05, 4.69) is 26.0 Å². The summed E-state index contributed by atoms with van der Waals surface area (Å²) in [5.41, 5.74) is 1.94. The summed E-state index contributed by atoms with van der Waals surface area (Å²) in [5.74, 6) is 1.73. The molecule has 0 unspecified atom stereocenters. The number of nitrogens with zero attached hydrogens (tertiary/aromatic N) is 5. The first kappa shape index (κ1) is 17.5. The van der Waals surface area contributed by atoms with Crippen molar-refractivity contribution in [1.82, 2.24) is 19.9 Å². The fourth-order valence-corrected chi connectivity index (χ4v) is 3.30. The van der Waals surface area contributed by atoms with Gasteiger partial charge in [0.1, 0.15) is 0 Å². The Bertz CT molecular complexity index is 895. The maximum absolute atomic E-state index is 8.90. The molecule has 7 heteroatoms. The Morgan fingerprint density at radius 1 is 1.00 bits per heavy atom. The molecule has 0 saturated carbocycles. The van der Waals surface area contributed by atoms with Gasteiger partial charge < -0.3 is 8.94 Å². The Morgan fingerprint density at radius 2 is 1.78 bits per heavy atom. The summed E-state index contributed by atoms with van der Waals surface area (Å²) in [6.45, 7) is 5.55. The van der Waals surface area contributed by atoms with Crippen LogP contribution in [0.3, 0.4) is 0 Å². The average Bonchev–Trinajstić information content (AvgIpc) is 3.33. The van der Waals surface area contributed by atoms with Crippen molar-refractivity contribution in [2.45, 2.75) is 19.5 Å². The van der Waals surface area contributed by atoms with Crippen LogP contribution in [-0.4, -0.2) is 46.1 Å². The fourth-order valence-electron chi connectivity index (χ4n) is 3.30. The van der Waals surface area contributed by atoms with E-state index in [1.807, 2.05) is 36.4 Å². The summed E-state index contributed by atoms with van der Waals surface area (Å²) in [5, 5.41) is 12.9. The highest BCUT2D eigenvalue weighted by molar-refractivity contribution is 5.44. The van der Waals surface area contributed by atoms with E-state index in [0.717, 1.165) is 39.1 Å². The van der Waals surface area contributed by atoms with Gasteiger partial charge >= 0.3 is 0 Å². The van der Waals surface area contributed by atoms with Gasteiger partial charge in [0.05, 0.1) is 24.4 Å². The van der Waals surface area contributed by atoms with Crippen molar-refractivity contribution in [3.8, 4) is 17.7 Å². The van der Waals surface area contributed by atoms with Crippen molar-refractivity contribution in [2.75, 3.05) is 26.2 Å². The standard InChI is InChI=1S/C20H21N5O2/c21-13-16-4-6-17(7-5-16)14-24-8-2-9-25(11-10-24)15-19-22-20(23-27-19)18-3-1-12-26-18/h1,3-7,12H,2,8-11,14-15H2. The third-order valence-electron chi connectivity index (χ3n) is 4.74. The molecular weight excluding hydrogens is 342 g/mol. The van der Waals surface area contributed by atoms with Gasteiger partial charge in [0.2, 0.25) is 11.7 Å². The second kappa shape index (κ2) is 8.16. The number of furan rings is 1. The van der Waals surface area contributed by atoms with Gasteiger partial charge in [-0.25, -0.2) is 0 Å². The van der Waals surface area contributed by atoms with Gasteiger partial charge in [-0.3, -0.25) is 9.80 Å². The van der Waals surface area contributed by atoms with Crippen LogP contribution in [0.4, 0.5) is 0 Å². The Kier molecular flexibility index (Phi) is 5.28. The van der Waals surface area contributed by atoms with Gasteiger partial charge in [0.25, 0.3) is 0 Å². The van der Waals surface area contributed by atoms with Gasteiger partial charge in [0.15, 0.2) is 5.76 Å². The lowest BCUT2D eigenvalue weighted by Gasteiger charge is -2.21. The first-order valence-electron chi connectivity index (χ1n) is 9.10. The summed E-state index contributed by atoms with van der Waals surface area (Å²) >= 11 is 0. The van der Waals surface area contributed by atoms with E-state index >= 15 is 0 Å². The first-order valence-corrected chi connectivity index (χ1v) is 9.10. The predicted molar refractivity (Wildman–Crippen MR) is 98.3 cm³/mol. The normalized spacial score (nSPS) is 16.1. The highest BCUT2D eigenvalue weighted by Crippen LogP contribution is 2.17. The first-order chi connectivity index (χ1) is 13.3. The van der Waals surface area contributed by atoms with Gasteiger partial charge in [-0.15, -0.1) is 0 Å². The van der Waals surface area contributed by atoms with E-state index in [1.165, 1.54) is 5.56 Å². The van der Waals surface area contributed by atoms with Crippen molar-refractivity contribution in [2.24, 2.45) is 0 Å². The SMILES string of the molecule is N#Cc1ccc(CN2CCCN(Cc3nc(-c4ccco4)no3)CC2)cc1. The van der Waals surface area contributed by atoms with E-state index in [9.17, 15) is 0 Å². The number of nitriles is 1. The van der Waals surface area contributed by atoms with Crippen LogP contribution in [0, 0.1) is 11.3 Å². The zero-order chi connectivity index (χ0) is 18.5. The average molecular weight is 363 g/mol. The highest BCUT2D eigenvalue weighted by atomic mass is 16.5. The summed E-state index contributed by atoms with van der Waals surface area (Å²) in [6, 6.07) is 13.6. The zero-order valence-electron chi connectivity index (χ0n) is 15.0. The highest BCUT2D eigenvalue weighted by Gasteiger charge is 2.18. The van der Waals surface area contributed by atoms with Crippen LogP contribution in [0.2, 0.25) is 0 Å². The number of rotatable bonds is 5. The third kappa shape index (κ3) is 4.42. The number of aromatic nitrogens is 2. The molecule has 0 amide bonds. The maximum atomic E-state index is 8.90. The molecule has 0 radical (unpaired) electrons. The summed E-state index contributed by atoms with van der Waals surface area (Å²) in [6.07, 6.45) is 2.69. The van der Waals surface area contributed by atoms with E-state index in [4.69, 9.17) is 14.2 Å². The summed E-state index contributed by atoms with van der Waals surface area (Å²) < 4.78 is 10.7. The van der Waals surface area contributed by atoms with Crippen LogP contribution in [0.5, 0.6) is 0 Å². The largest absolute Gasteiger partial charge is 0.461 e. The third-order valence-corrected chi connectivity index (χ3v) is 4.74. The Balaban J connectivity index is 1.31. The summed E-state index contributed by atoms with van der Waals surface area (Å²) in [4.78, 5) is 9.22. The van der Waals surface area contributed by atoms with E-state index in [1.54, 1.807) is 6.26 Å². The second-order valence-electron chi connectivity index (χ2n) is 6.70.